The quantitative estimate of drug-likeness (QED) is 0.265. The van der Waals surface area contributed by atoms with E-state index in [0.29, 0.717) is 0 Å². The molecule has 35 heavy (non-hydrogen) atoms. The van der Waals surface area contributed by atoms with E-state index in [4.69, 9.17) is 0 Å². The minimum absolute atomic E-state index is 0.203. The van der Waals surface area contributed by atoms with Gasteiger partial charge in [0.1, 0.15) is 23.2 Å². The summed E-state index contributed by atoms with van der Waals surface area (Å²) in [7, 11) is -1.77. The Morgan fingerprint density at radius 3 is 0.800 bits per heavy atom. The fourth-order valence-corrected chi connectivity index (χ4v) is 7.82. The lowest BCUT2D eigenvalue weighted by atomic mass is 9.82. The Labute approximate surface area is 216 Å². The maximum Gasteiger partial charge on any atom is 0.109 e. The van der Waals surface area contributed by atoms with Gasteiger partial charge in [0.25, 0.3) is 0 Å². The van der Waals surface area contributed by atoms with Crippen LogP contribution < -0.4 is 15.9 Å². The van der Waals surface area contributed by atoms with Gasteiger partial charge in [-0.2, -0.15) is 0 Å². The first-order valence-corrected chi connectivity index (χ1v) is 15.8. The molecule has 0 aliphatic heterocycles. The zero-order valence-corrected chi connectivity index (χ0v) is 24.9. The van der Waals surface area contributed by atoms with Gasteiger partial charge in [0.2, 0.25) is 0 Å². The molecule has 0 atom stereocenters. The van der Waals surface area contributed by atoms with Crippen molar-refractivity contribution in [2.45, 2.75) is 97.8 Å². The summed E-state index contributed by atoms with van der Waals surface area (Å²) in [5.74, 6) is 0. The first-order valence-electron chi connectivity index (χ1n) is 13.5. The van der Waals surface area contributed by atoms with E-state index in [0.717, 1.165) is 19.3 Å². The highest BCUT2D eigenvalue weighted by molar-refractivity contribution is 7.95. The van der Waals surface area contributed by atoms with Gasteiger partial charge in [-0.25, -0.2) is 0 Å². The summed E-state index contributed by atoms with van der Waals surface area (Å²) in [6.45, 7) is 23.4. The minimum atomic E-state index is -1.77. The zero-order chi connectivity index (χ0) is 26.1. The first kappa shape index (κ1) is 27.7. The van der Waals surface area contributed by atoms with E-state index in [1.165, 1.54) is 32.6 Å². The molecule has 3 aromatic rings. The molecule has 3 aromatic carbocycles. The summed E-state index contributed by atoms with van der Waals surface area (Å²) in [5, 5.41) is 4.37. The lowest BCUT2D eigenvalue weighted by Crippen LogP contribution is -2.31. The van der Waals surface area contributed by atoms with Gasteiger partial charge in [0.15, 0.2) is 0 Å². The molecule has 0 fully saturated rings. The summed E-state index contributed by atoms with van der Waals surface area (Å²) in [5.41, 5.74) is 4.89. The van der Waals surface area contributed by atoms with Crippen LogP contribution in [0.3, 0.4) is 0 Å². The van der Waals surface area contributed by atoms with Crippen LogP contribution in [0.4, 0.5) is 0 Å². The third-order valence-electron chi connectivity index (χ3n) is 9.15. The summed E-state index contributed by atoms with van der Waals surface area (Å²) >= 11 is 0. The topological polar surface area (TPSA) is 0 Å². The number of hydrogen-bond acceptors (Lipinski definition) is 0. The summed E-state index contributed by atoms with van der Waals surface area (Å²) in [4.78, 5) is 0. The van der Waals surface area contributed by atoms with Crippen molar-refractivity contribution in [3.8, 4) is 0 Å². The van der Waals surface area contributed by atoms with E-state index in [1.807, 2.05) is 0 Å². The zero-order valence-electron chi connectivity index (χ0n) is 24.0. The van der Waals surface area contributed by atoms with Crippen molar-refractivity contribution < 1.29 is 0 Å². The molecule has 0 aliphatic carbocycles. The maximum absolute atomic E-state index is 2.51. The summed E-state index contributed by atoms with van der Waals surface area (Å²) in [6.07, 6.45) is 3.42. The molecule has 0 amide bonds. The van der Waals surface area contributed by atoms with Crippen LogP contribution in [-0.2, 0) is 16.2 Å². The van der Waals surface area contributed by atoms with Gasteiger partial charge < -0.3 is 0 Å². The Morgan fingerprint density at radius 1 is 0.429 bits per heavy atom. The van der Waals surface area contributed by atoms with Crippen LogP contribution in [0.25, 0.3) is 0 Å². The molecule has 0 bridgehead atoms. The van der Waals surface area contributed by atoms with Crippen LogP contribution in [0.1, 0.15) is 98.3 Å². The Morgan fingerprint density at radius 2 is 0.629 bits per heavy atom. The SMILES string of the molecule is CCC(C)(C)c1ccc([P+](C)(c2ccc(C(C)(C)CC)cc2)c2ccc(C(C)(C)CC)cc2)cc1. The van der Waals surface area contributed by atoms with Gasteiger partial charge in [-0.15, -0.1) is 0 Å². The summed E-state index contributed by atoms with van der Waals surface area (Å²) < 4.78 is 0. The number of hydrogen-bond donors (Lipinski definition) is 0. The first-order chi connectivity index (χ1) is 16.3. The van der Waals surface area contributed by atoms with E-state index < -0.39 is 7.26 Å². The highest BCUT2D eigenvalue weighted by Gasteiger charge is 2.41. The van der Waals surface area contributed by atoms with Crippen molar-refractivity contribution in [3.05, 3.63) is 89.5 Å². The molecule has 0 saturated heterocycles. The van der Waals surface area contributed by atoms with Crippen LogP contribution in [0, 0.1) is 0 Å². The largest absolute Gasteiger partial charge is 0.109 e. The van der Waals surface area contributed by atoms with Crippen LogP contribution in [0.15, 0.2) is 72.8 Å². The van der Waals surface area contributed by atoms with Crippen LogP contribution in [0.5, 0.6) is 0 Å². The lowest BCUT2D eigenvalue weighted by molar-refractivity contribution is 0.506. The van der Waals surface area contributed by atoms with E-state index in [9.17, 15) is 0 Å². The second kappa shape index (κ2) is 10.2. The molecule has 3 rings (SSSR count). The molecule has 0 radical (unpaired) electrons. The molecule has 0 N–H and O–H groups in total. The molecule has 188 valence electrons. The average molecular weight is 488 g/mol. The smallest absolute Gasteiger partial charge is 0.0646 e. The molecular weight excluding hydrogens is 439 g/mol. The number of benzene rings is 3. The highest BCUT2D eigenvalue weighted by Crippen LogP contribution is 2.52. The van der Waals surface area contributed by atoms with Gasteiger partial charge in [-0.1, -0.05) is 98.7 Å². The minimum Gasteiger partial charge on any atom is -0.0646 e. The summed E-state index contributed by atoms with van der Waals surface area (Å²) in [6, 6.07) is 28.7. The van der Waals surface area contributed by atoms with E-state index >= 15 is 0 Å². The van der Waals surface area contributed by atoms with Gasteiger partial charge in [-0.3, -0.25) is 0 Å². The average Bonchev–Trinajstić information content (AvgIpc) is 2.88. The maximum atomic E-state index is 2.51. The van der Waals surface area contributed by atoms with Gasteiger partial charge in [0, 0.05) is 0 Å². The Bertz CT molecular complexity index is 953. The van der Waals surface area contributed by atoms with E-state index in [1.54, 1.807) is 0 Å². The molecule has 0 aromatic heterocycles. The van der Waals surface area contributed by atoms with E-state index in [2.05, 4.69) is 142 Å². The van der Waals surface area contributed by atoms with Crippen LogP contribution in [-0.4, -0.2) is 6.66 Å². The molecular formula is C34H48P+. The van der Waals surface area contributed by atoms with Crippen LogP contribution in [0.2, 0.25) is 0 Å². The fraction of sp³-hybridized carbons (Fsp3) is 0.471. The molecule has 0 heterocycles. The van der Waals surface area contributed by atoms with Gasteiger partial charge in [0.05, 0.1) is 6.66 Å². The molecule has 0 aliphatic rings. The molecule has 0 spiro atoms. The molecule has 0 unspecified atom stereocenters. The monoisotopic (exact) mass is 487 g/mol. The third kappa shape index (κ3) is 5.44. The second-order valence-electron chi connectivity index (χ2n) is 12.4. The van der Waals surface area contributed by atoms with Gasteiger partial charge >= 0.3 is 0 Å². The standard InChI is InChI=1S/C34H48P/c1-11-32(4,5)26-14-20-29(21-15-26)35(10,30-22-16-27(17-23-30)33(6,7)12-2)31-24-18-28(19-25-31)34(8,9)13-3/h14-25H,11-13H2,1-10H3/q+1. The second-order valence-corrected chi connectivity index (χ2v) is 15.9. The molecule has 1 heteroatoms. The lowest BCUT2D eigenvalue weighted by Gasteiger charge is -2.28. The normalized spacial score (nSPS) is 13.2. The Hall–Kier alpha value is -1.91. The van der Waals surface area contributed by atoms with Crippen molar-refractivity contribution in [3.63, 3.8) is 0 Å². The highest BCUT2D eigenvalue weighted by atomic mass is 31.2. The van der Waals surface area contributed by atoms with Crippen molar-refractivity contribution in [1.29, 1.82) is 0 Å². The Balaban J connectivity index is 2.16. The van der Waals surface area contributed by atoms with Crippen molar-refractivity contribution in [1.82, 2.24) is 0 Å². The molecule has 0 nitrogen and oxygen atoms in total. The molecule has 0 saturated carbocycles. The van der Waals surface area contributed by atoms with Crippen molar-refractivity contribution in [2.75, 3.05) is 6.66 Å². The van der Waals surface area contributed by atoms with Crippen molar-refractivity contribution in [2.24, 2.45) is 0 Å². The predicted molar refractivity (Wildman–Crippen MR) is 161 cm³/mol. The predicted octanol–water partition coefficient (Wildman–Crippen LogP) is 8.67. The number of rotatable bonds is 9. The van der Waals surface area contributed by atoms with Crippen LogP contribution >= 0.6 is 7.26 Å². The van der Waals surface area contributed by atoms with E-state index in [-0.39, 0.29) is 16.2 Å². The third-order valence-corrected chi connectivity index (χ3v) is 13.1. The van der Waals surface area contributed by atoms with Gasteiger partial charge in [-0.05, 0) is 88.6 Å². The Kier molecular flexibility index (Phi) is 8.08. The van der Waals surface area contributed by atoms with Crippen molar-refractivity contribution >= 4 is 23.2 Å². The fourth-order valence-electron chi connectivity index (χ4n) is 4.69.